The van der Waals surface area contributed by atoms with Crippen LogP contribution in [0.1, 0.15) is 24.8 Å². The summed E-state index contributed by atoms with van der Waals surface area (Å²) in [4.78, 5) is 13.8. The average molecular weight is 281 g/mol. The van der Waals surface area contributed by atoms with E-state index in [2.05, 4.69) is 0 Å². The van der Waals surface area contributed by atoms with Crippen LogP contribution >= 0.6 is 0 Å². The van der Waals surface area contributed by atoms with Gasteiger partial charge in [-0.1, -0.05) is 12.5 Å². The minimum atomic E-state index is -0.307. The number of methoxy groups -OCH3 is 2. The maximum atomic E-state index is 14.0. The molecule has 4 nitrogen and oxygen atoms in total. The molecular weight excluding hydrogens is 261 g/mol. The zero-order valence-corrected chi connectivity index (χ0v) is 11.9. The van der Waals surface area contributed by atoms with Crippen molar-refractivity contribution in [3.8, 4) is 5.75 Å². The smallest absolute Gasteiger partial charge is 0.323 e. The quantitative estimate of drug-likeness (QED) is 0.794. The minimum Gasteiger partial charge on any atom is -0.497 e. The summed E-state index contributed by atoms with van der Waals surface area (Å²) in [7, 11) is 2.90. The summed E-state index contributed by atoms with van der Waals surface area (Å²) >= 11 is 0. The highest BCUT2D eigenvalue weighted by Crippen LogP contribution is 2.23. The van der Waals surface area contributed by atoms with E-state index in [0.29, 0.717) is 17.9 Å². The van der Waals surface area contributed by atoms with Crippen molar-refractivity contribution < 1.29 is 18.7 Å². The summed E-state index contributed by atoms with van der Waals surface area (Å²) in [5, 5.41) is 0. The van der Waals surface area contributed by atoms with E-state index in [4.69, 9.17) is 9.47 Å². The zero-order valence-electron chi connectivity index (χ0n) is 11.9. The normalized spacial score (nSPS) is 19.6. The van der Waals surface area contributed by atoms with Crippen molar-refractivity contribution in [2.24, 2.45) is 0 Å². The number of likely N-dealkylation sites (tertiary alicyclic amines) is 1. The van der Waals surface area contributed by atoms with Gasteiger partial charge in [-0.05, 0) is 25.5 Å². The second kappa shape index (κ2) is 6.70. The molecule has 5 heteroatoms. The molecule has 0 N–H and O–H groups in total. The first-order chi connectivity index (χ1) is 9.65. The van der Waals surface area contributed by atoms with Gasteiger partial charge in [0, 0.05) is 18.2 Å². The highest BCUT2D eigenvalue weighted by Gasteiger charge is 2.29. The van der Waals surface area contributed by atoms with Crippen molar-refractivity contribution >= 4 is 5.97 Å². The van der Waals surface area contributed by atoms with E-state index in [-0.39, 0.29) is 17.8 Å². The summed E-state index contributed by atoms with van der Waals surface area (Å²) in [6.45, 7) is 1.20. The van der Waals surface area contributed by atoms with Crippen molar-refractivity contribution in [3.05, 3.63) is 29.6 Å². The number of carbonyl (C=O) groups excluding carboxylic acids is 1. The van der Waals surface area contributed by atoms with Crippen LogP contribution in [0.15, 0.2) is 18.2 Å². The van der Waals surface area contributed by atoms with Crippen LogP contribution in [0.5, 0.6) is 5.75 Å². The lowest BCUT2D eigenvalue weighted by molar-refractivity contribution is -0.148. The van der Waals surface area contributed by atoms with Crippen molar-refractivity contribution in [2.75, 3.05) is 20.8 Å². The SMILES string of the molecule is COC(=O)[C@H]1CCCCN1Cc1ccc(OC)cc1F. The number of hydrogen-bond donors (Lipinski definition) is 0. The number of esters is 1. The summed E-state index contributed by atoms with van der Waals surface area (Å²) in [5.74, 6) is -0.0495. The first-order valence-corrected chi connectivity index (χ1v) is 6.80. The van der Waals surface area contributed by atoms with E-state index in [9.17, 15) is 9.18 Å². The molecule has 1 saturated heterocycles. The number of hydrogen-bond acceptors (Lipinski definition) is 4. The van der Waals surface area contributed by atoms with Gasteiger partial charge in [0.05, 0.1) is 14.2 Å². The molecule has 1 fully saturated rings. The van der Waals surface area contributed by atoms with E-state index >= 15 is 0 Å². The number of piperidine rings is 1. The fourth-order valence-corrected chi connectivity index (χ4v) is 2.59. The standard InChI is InChI=1S/C15H20FNO3/c1-19-12-7-6-11(13(16)9-12)10-17-8-4-3-5-14(17)15(18)20-2/h6-7,9,14H,3-5,8,10H2,1-2H3/t14-/m1/s1. The topological polar surface area (TPSA) is 38.8 Å². The van der Waals surface area contributed by atoms with E-state index < -0.39 is 0 Å². The Balaban J connectivity index is 2.12. The predicted molar refractivity (Wildman–Crippen MR) is 73.0 cm³/mol. The Labute approximate surface area is 118 Å². The van der Waals surface area contributed by atoms with Gasteiger partial charge in [0.25, 0.3) is 0 Å². The summed E-state index contributed by atoms with van der Waals surface area (Å²) in [5.41, 5.74) is 0.571. The third-order valence-electron chi connectivity index (χ3n) is 3.72. The lowest BCUT2D eigenvalue weighted by Gasteiger charge is -2.33. The molecule has 1 atom stereocenters. The van der Waals surface area contributed by atoms with Crippen molar-refractivity contribution in [3.63, 3.8) is 0 Å². The van der Waals surface area contributed by atoms with Gasteiger partial charge in [0.2, 0.25) is 0 Å². The van der Waals surface area contributed by atoms with Crippen LogP contribution in [0, 0.1) is 5.82 Å². The number of halogens is 1. The first kappa shape index (κ1) is 14.8. The molecule has 20 heavy (non-hydrogen) atoms. The van der Waals surface area contributed by atoms with Crippen LogP contribution in [0.25, 0.3) is 0 Å². The maximum absolute atomic E-state index is 14.0. The molecule has 110 valence electrons. The van der Waals surface area contributed by atoms with Gasteiger partial charge in [0.1, 0.15) is 17.6 Å². The Kier molecular flexibility index (Phi) is 4.95. The van der Waals surface area contributed by atoms with Gasteiger partial charge in [0.15, 0.2) is 0 Å². The van der Waals surface area contributed by atoms with E-state index in [1.54, 1.807) is 12.1 Å². The molecule has 0 amide bonds. The third kappa shape index (κ3) is 3.28. The fraction of sp³-hybridized carbons (Fsp3) is 0.533. The van der Waals surface area contributed by atoms with Gasteiger partial charge in [-0.25, -0.2) is 4.39 Å². The largest absolute Gasteiger partial charge is 0.497 e. The molecule has 0 radical (unpaired) electrons. The molecule has 2 rings (SSSR count). The van der Waals surface area contributed by atoms with Gasteiger partial charge in [-0.2, -0.15) is 0 Å². The lowest BCUT2D eigenvalue weighted by atomic mass is 10.0. The molecule has 1 aliphatic heterocycles. The van der Waals surface area contributed by atoms with E-state index in [1.807, 2.05) is 4.90 Å². The first-order valence-electron chi connectivity index (χ1n) is 6.80. The molecule has 0 aromatic heterocycles. The summed E-state index contributed by atoms with van der Waals surface area (Å²) in [6, 6.07) is 4.54. The van der Waals surface area contributed by atoms with Crippen LogP contribution in [-0.4, -0.2) is 37.7 Å². The van der Waals surface area contributed by atoms with Crippen LogP contribution in [-0.2, 0) is 16.1 Å². The molecule has 1 heterocycles. The second-order valence-electron chi connectivity index (χ2n) is 4.96. The Morgan fingerprint density at radius 1 is 1.40 bits per heavy atom. The van der Waals surface area contributed by atoms with E-state index in [0.717, 1.165) is 25.8 Å². The van der Waals surface area contributed by atoms with Gasteiger partial charge < -0.3 is 9.47 Å². The van der Waals surface area contributed by atoms with Crippen molar-refractivity contribution in [1.82, 2.24) is 4.90 Å². The van der Waals surface area contributed by atoms with Crippen LogP contribution in [0.3, 0.4) is 0 Å². The molecule has 0 saturated carbocycles. The third-order valence-corrected chi connectivity index (χ3v) is 3.72. The van der Waals surface area contributed by atoms with E-state index in [1.165, 1.54) is 20.3 Å². The monoisotopic (exact) mass is 281 g/mol. The molecule has 1 aromatic carbocycles. The molecule has 1 aliphatic rings. The van der Waals surface area contributed by atoms with Crippen molar-refractivity contribution in [2.45, 2.75) is 31.8 Å². The molecule has 0 unspecified atom stereocenters. The highest BCUT2D eigenvalue weighted by molar-refractivity contribution is 5.75. The Bertz CT molecular complexity index is 478. The van der Waals surface area contributed by atoms with Gasteiger partial charge in [-0.15, -0.1) is 0 Å². The Morgan fingerprint density at radius 3 is 2.85 bits per heavy atom. The van der Waals surface area contributed by atoms with Crippen LogP contribution in [0.2, 0.25) is 0 Å². The zero-order chi connectivity index (χ0) is 14.5. The molecule has 1 aromatic rings. The molecule has 0 bridgehead atoms. The number of carbonyl (C=O) groups is 1. The van der Waals surface area contributed by atoms with Crippen molar-refractivity contribution in [1.29, 1.82) is 0 Å². The number of nitrogens with zero attached hydrogens (tertiary/aromatic N) is 1. The summed E-state index contributed by atoms with van der Waals surface area (Å²) < 4.78 is 23.8. The van der Waals surface area contributed by atoms with Crippen LogP contribution in [0.4, 0.5) is 4.39 Å². The average Bonchev–Trinajstić information content (AvgIpc) is 2.49. The molecule has 0 spiro atoms. The Hall–Kier alpha value is -1.62. The Morgan fingerprint density at radius 2 is 2.20 bits per heavy atom. The van der Waals surface area contributed by atoms with Gasteiger partial charge >= 0.3 is 5.97 Å². The van der Waals surface area contributed by atoms with Gasteiger partial charge in [-0.3, -0.25) is 9.69 Å². The highest BCUT2D eigenvalue weighted by atomic mass is 19.1. The summed E-state index contributed by atoms with van der Waals surface area (Å²) in [6.07, 6.45) is 2.79. The predicted octanol–water partition coefficient (Wildman–Crippen LogP) is 2.36. The molecule has 0 aliphatic carbocycles. The molecular formula is C15H20FNO3. The number of rotatable bonds is 4. The van der Waals surface area contributed by atoms with Crippen LogP contribution < -0.4 is 4.74 Å². The number of ether oxygens (including phenoxy) is 2. The minimum absolute atomic E-state index is 0.237. The fourth-order valence-electron chi connectivity index (χ4n) is 2.59. The second-order valence-corrected chi connectivity index (χ2v) is 4.96. The number of benzene rings is 1. The lowest BCUT2D eigenvalue weighted by Crippen LogP contribution is -2.44. The maximum Gasteiger partial charge on any atom is 0.323 e.